The molecule has 0 radical (unpaired) electrons. The molecule has 3 amide bonds. The van der Waals surface area contributed by atoms with Gasteiger partial charge in [-0.05, 0) is 151 Å². The fourth-order valence-electron chi connectivity index (χ4n) is 14.5. The van der Waals surface area contributed by atoms with Gasteiger partial charge in [0.2, 0.25) is 23.4 Å². The van der Waals surface area contributed by atoms with Crippen LogP contribution in [-0.2, 0) is 65.9 Å². The van der Waals surface area contributed by atoms with Gasteiger partial charge in [-0.2, -0.15) is 13.0 Å². The van der Waals surface area contributed by atoms with E-state index in [-0.39, 0.29) is 65.6 Å². The first-order valence-corrected chi connectivity index (χ1v) is 39.9. The minimum absolute atomic E-state index is 0.0736. The minimum Gasteiger partial charge on any atom is -0.415 e. The topological polar surface area (TPSA) is 235 Å². The zero-order valence-corrected chi connectivity index (χ0v) is 60.6. The fraction of sp³-hybridized carbons (Fsp3) is 0.468. The maximum atomic E-state index is 15.5. The highest BCUT2D eigenvalue weighted by Crippen LogP contribution is 2.54. The molecule has 4 aliphatic rings. The smallest absolute Gasteiger partial charge is 0.415 e. The van der Waals surface area contributed by atoms with E-state index in [2.05, 4.69) is 72.1 Å². The van der Waals surface area contributed by atoms with Crippen LogP contribution < -0.4 is 24.6 Å². The van der Waals surface area contributed by atoms with Gasteiger partial charge in [0.15, 0.2) is 11.5 Å². The number of hydrogen-bond donors (Lipinski definition) is 3. The molecule has 2 fully saturated rings. The van der Waals surface area contributed by atoms with Gasteiger partial charge in [-0.15, -0.1) is 0 Å². The number of nitrogens with one attached hydrogen (secondary N) is 2. The normalized spacial score (nSPS) is 19.5. The van der Waals surface area contributed by atoms with Gasteiger partial charge in [-0.3, -0.25) is 23.7 Å². The molecule has 3 N–H and O–H groups in total. The Hall–Kier alpha value is -7.48. The van der Waals surface area contributed by atoms with E-state index in [1.165, 1.54) is 39.5 Å². The number of unbranched alkanes of at least 4 members (excludes halogenated alkanes) is 3. The lowest BCUT2D eigenvalue weighted by Crippen LogP contribution is -2.57. The number of Topliss-reactive ketones (excluding diaryl/α,β-unsaturated/α-hetero) is 1. The van der Waals surface area contributed by atoms with Crippen molar-refractivity contribution in [2.75, 3.05) is 36.6 Å². The molecule has 0 aromatic heterocycles. The maximum Gasteiger partial charge on any atom is 0.452 e. The van der Waals surface area contributed by atoms with Crippen molar-refractivity contribution >= 4 is 68.1 Å². The Labute approximate surface area is 580 Å². The van der Waals surface area contributed by atoms with Crippen LogP contribution >= 0.6 is 7.60 Å². The number of nitrogens with zero attached hydrogens (tertiary/aromatic N) is 3. The first-order valence-electron chi connectivity index (χ1n) is 34.8. The molecule has 3 heterocycles. The van der Waals surface area contributed by atoms with Gasteiger partial charge in [0, 0.05) is 85.1 Å². The first-order chi connectivity index (χ1) is 46.7. The summed E-state index contributed by atoms with van der Waals surface area (Å²) in [6.07, 6.45) is 17.6. The minimum atomic E-state index is -4.50. The number of aryl methyl sites for hydroxylation is 1. The Bertz CT molecular complexity index is 4000. The van der Waals surface area contributed by atoms with Gasteiger partial charge in [0.05, 0.1) is 22.7 Å². The molecule has 1 saturated heterocycles. The van der Waals surface area contributed by atoms with Crippen molar-refractivity contribution in [1.82, 2.24) is 15.5 Å². The van der Waals surface area contributed by atoms with E-state index in [0.29, 0.717) is 64.7 Å². The number of fused-ring (bicyclic) bond motifs is 3. The van der Waals surface area contributed by atoms with E-state index < -0.39 is 86.3 Å². The van der Waals surface area contributed by atoms with Crippen molar-refractivity contribution < 1.29 is 63.5 Å². The molecule has 526 valence electrons. The number of ketones is 1. The SMILES string of the molecule is CCC(NC(=O)C1CC2CCCCC2N1C(=O)C(CCS(C)(=O)=O)NC(=O)C(CCCCOCc1ccccc1)CC(=O)CCCCC[N+]1=C(C=CC=CC=C2N(CC)c3ccc(C)cc3C2(C)C)C(C)(C)c2cc(S(=O)(=O)O)ccc21)P(=O)(Oc1ccccc1)Oc1ccccc1. The Kier molecular flexibility index (Phi) is 25.3. The number of ether oxygens (including phenoxy) is 1. The van der Waals surface area contributed by atoms with Gasteiger partial charge in [0.1, 0.15) is 45.7 Å². The molecule has 0 spiro atoms. The van der Waals surface area contributed by atoms with E-state index in [1.54, 1.807) is 73.7 Å². The summed E-state index contributed by atoms with van der Waals surface area (Å²) >= 11 is 0. The molecule has 0 bridgehead atoms. The molecule has 5 aromatic rings. The Balaban J connectivity index is 0.907. The molecular formula is C77H99N5O13PS2+. The van der Waals surface area contributed by atoms with E-state index in [1.807, 2.05) is 68.5 Å². The number of benzene rings is 5. The van der Waals surface area contributed by atoms with Crippen LogP contribution in [-0.4, -0.2) is 116 Å². The molecule has 1 aliphatic carbocycles. The van der Waals surface area contributed by atoms with E-state index >= 15 is 9.36 Å². The van der Waals surface area contributed by atoms with Gasteiger partial charge in [0.25, 0.3) is 10.1 Å². The summed E-state index contributed by atoms with van der Waals surface area (Å²) in [6, 6.07) is 35.3. The Morgan fingerprint density at radius 2 is 1.43 bits per heavy atom. The summed E-state index contributed by atoms with van der Waals surface area (Å²) in [4.78, 5) is 63.4. The summed E-state index contributed by atoms with van der Waals surface area (Å²) < 4.78 is 96.5. The van der Waals surface area contributed by atoms with Crippen LogP contribution in [0, 0.1) is 18.8 Å². The van der Waals surface area contributed by atoms with Crippen LogP contribution in [0.15, 0.2) is 168 Å². The molecule has 98 heavy (non-hydrogen) atoms. The largest absolute Gasteiger partial charge is 0.452 e. The number of likely N-dealkylation sites (N-methyl/N-ethyl adjacent to an activating group) is 1. The predicted octanol–water partition coefficient (Wildman–Crippen LogP) is 14.2. The molecule has 1 saturated carbocycles. The lowest BCUT2D eigenvalue weighted by atomic mass is 9.81. The monoisotopic (exact) mass is 1400 g/mol. The third kappa shape index (κ3) is 18.7. The number of allylic oxidation sites excluding steroid dienone is 6. The number of likely N-dealkylation sites (tertiary alicyclic amines) is 1. The summed E-state index contributed by atoms with van der Waals surface area (Å²) in [6.45, 7) is 16.7. The van der Waals surface area contributed by atoms with Crippen molar-refractivity contribution in [3.05, 3.63) is 186 Å². The van der Waals surface area contributed by atoms with Crippen molar-refractivity contribution in [2.24, 2.45) is 11.8 Å². The van der Waals surface area contributed by atoms with Crippen LogP contribution in [0.5, 0.6) is 11.5 Å². The molecule has 3 aliphatic heterocycles. The Morgan fingerprint density at radius 1 is 0.755 bits per heavy atom. The van der Waals surface area contributed by atoms with Crippen molar-refractivity contribution in [1.29, 1.82) is 0 Å². The second kappa shape index (κ2) is 33.1. The van der Waals surface area contributed by atoms with E-state index in [0.717, 1.165) is 54.6 Å². The van der Waals surface area contributed by atoms with Crippen LogP contribution in [0.4, 0.5) is 11.4 Å². The molecule has 6 atom stereocenters. The summed E-state index contributed by atoms with van der Waals surface area (Å²) in [5.41, 5.74) is 7.55. The highest BCUT2D eigenvalue weighted by Gasteiger charge is 2.51. The molecule has 18 nitrogen and oxygen atoms in total. The van der Waals surface area contributed by atoms with Crippen molar-refractivity contribution in [2.45, 2.75) is 191 Å². The molecular weight excluding hydrogens is 1300 g/mol. The fourth-order valence-corrected chi connectivity index (χ4v) is 17.5. The number of para-hydroxylation sites is 2. The number of sulfone groups is 1. The lowest BCUT2D eigenvalue weighted by Gasteiger charge is -2.37. The number of amides is 3. The quantitative estimate of drug-likeness (QED) is 0.0114. The van der Waals surface area contributed by atoms with Crippen molar-refractivity contribution in [3.8, 4) is 11.5 Å². The standard InChI is InChI=1S/C77H98N5O13PS2/c1-9-72(96(87,94-60-35-19-12-20-36-60)95-61-37-21-13-22-38-61)79-74(85)69-52-57-32-25-26-39-66(57)82(69)75(86)65(46-49-97(8,88)89)78-73(84)58(33-27-29-48-93-54-56-30-16-11-17-31-56)51-59(83)34-18-15-28-47-81-68-45-43-62(98(90,91)92)53-64(68)77(6,7)71(81)41-24-14-23-40-70-76(4,5)63-50-55(3)42-44-67(63)80(70)10-2/h11-14,16-17,19-24,30-31,35-38,40-45,50,53,57-58,65-66,69,72H,9-10,15,18,25-29,32-34,39,46-49,51-52,54H2,1-8H3,(H2-,78,79,84,85,90,91,92)/p+1. The zero-order chi connectivity index (χ0) is 70.4. The van der Waals surface area contributed by atoms with E-state index in [9.17, 15) is 35.8 Å². The highest BCUT2D eigenvalue weighted by atomic mass is 32.2. The third-order valence-corrected chi connectivity index (χ3v) is 23.7. The van der Waals surface area contributed by atoms with E-state index in [4.69, 9.17) is 13.8 Å². The lowest BCUT2D eigenvalue weighted by molar-refractivity contribution is -0.438. The third-order valence-electron chi connectivity index (χ3n) is 19.7. The van der Waals surface area contributed by atoms with Gasteiger partial charge in [-0.25, -0.2) is 13.0 Å². The number of rotatable bonds is 34. The first kappa shape index (κ1) is 74.7. The zero-order valence-electron chi connectivity index (χ0n) is 58.1. The summed E-state index contributed by atoms with van der Waals surface area (Å²) in [5.74, 6) is -3.94. The van der Waals surface area contributed by atoms with Crippen LogP contribution in [0.25, 0.3) is 0 Å². The molecule has 9 rings (SSSR count). The number of anilines is 1. The highest BCUT2D eigenvalue weighted by molar-refractivity contribution is 7.90. The predicted molar refractivity (Wildman–Crippen MR) is 385 cm³/mol. The molecule has 21 heteroatoms. The second-order valence-corrected chi connectivity index (χ2v) is 33.4. The average Bonchev–Trinajstić information content (AvgIpc) is 1.61. The van der Waals surface area contributed by atoms with Gasteiger partial charge < -0.3 is 34.2 Å². The maximum absolute atomic E-state index is 15.5. The average molecular weight is 1400 g/mol. The van der Waals surface area contributed by atoms with Gasteiger partial charge in [-0.1, -0.05) is 143 Å². The number of carbonyl (C=O) groups is 4. The van der Waals surface area contributed by atoms with Crippen LogP contribution in [0.2, 0.25) is 0 Å². The number of carbonyl (C=O) groups excluding carboxylic acids is 4. The van der Waals surface area contributed by atoms with Crippen LogP contribution in [0.1, 0.15) is 160 Å². The molecule has 5 aromatic carbocycles. The summed E-state index contributed by atoms with van der Waals surface area (Å²) in [5, 5.41) is 5.93. The van der Waals surface area contributed by atoms with Gasteiger partial charge >= 0.3 is 7.60 Å². The second-order valence-electron chi connectivity index (χ2n) is 27.7. The van der Waals surface area contributed by atoms with Crippen molar-refractivity contribution in [3.63, 3.8) is 0 Å². The Morgan fingerprint density at radius 3 is 2.08 bits per heavy atom. The molecule has 6 unspecified atom stereocenters. The number of hydrogen-bond acceptors (Lipinski definition) is 13. The summed E-state index contributed by atoms with van der Waals surface area (Å²) in [7, 11) is -12.4. The van der Waals surface area contributed by atoms with Crippen LogP contribution in [0.3, 0.4) is 0 Å².